The predicted molar refractivity (Wildman–Crippen MR) is 58.2 cm³/mol. The molecule has 0 aromatic carbocycles. The number of rotatable bonds is 5. The maximum absolute atomic E-state index is 10.9. The monoisotopic (exact) mass is 198 g/mol. The molecule has 1 amide bonds. The van der Waals surface area contributed by atoms with Crippen LogP contribution in [0.3, 0.4) is 0 Å². The molecule has 0 radical (unpaired) electrons. The number of carbonyl (C=O) groups excluding carboxylic acids is 1. The summed E-state index contributed by atoms with van der Waals surface area (Å²) < 4.78 is 0. The van der Waals surface area contributed by atoms with Gasteiger partial charge in [-0.1, -0.05) is 12.8 Å². The summed E-state index contributed by atoms with van der Waals surface area (Å²) in [7, 11) is 1.69. The van der Waals surface area contributed by atoms with Gasteiger partial charge in [-0.15, -0.1) is 0 Å². The highest BCUT2D eigenvalue weighted by Crippen LogP contribution is 2.28. The first-order valence-corrected chi connectivity index (χ1v) is 5.62. The standard InChI is InChI=1S/C11H22N2O/c1-11(7-3-4-8-11)13-9-5-6-10(14)12-2/h13H,3-9H2,1-2H3,(H,12,14). The number of hydrogen-bond acceptors (Lipinski definition) is 2. The summed E-state index contributed by atoms with van der Waals surface area (Å²) in [6, 6.07) is 0. The largest absolute Gasteiger partial charge is 0.359 e. The Balaban J connectivity index is 2.06. The predicted octanol–water partition coefficient (Wildman–Crippen LogP) is 1.43. The van der Waals surface area contributed by atoms with Crippen molar-refractivity contribution in [2.45, 2.75) is 51.0 Å². The molecule has 0 aromatic rings. The van der Waals surface area contributed by atoms with Gasteiger partial charge in [-0.05, 0) is 32.7 Å². The smallest absolute Gasteiger partial charge is 0.219 e. The van der Waals surface area contributed by atoms with Crippen molar-refractivity contribution in [1.29, 1.82) is 0 Å². The lowest BCUT2D eigenvalue weighted by Crippen LogP contribution is -2.40. The first-order valence-electron chi connectivity index (χ1n) is 5.62. The molecular weight excluding hydrogens is 176 g/mol. The molecule has 3 nitrogen and oxygen atoms in total. The summed E-state index contributed by atoms with van der Waals surface area (Å²) in [5.41, 5.74) is 0.350. The van der Waals surface area contributed by atoms with Crippen molar-refractivity contribution in [3.63, 3.8) is 0 Å². The molecule has 1 aliphatic rings. The SMILES string of the molecule is CNC(=O)CCCNC1(C)CCCC1. The molecule has 82 valence electrons. The summed E-state index contributed by atoms with van der Waals surface area (Å²) in [4.78, 5) is 10.9. The Morgan fingerprint density at radius 1 is 1.36 bits per heavy atom. The average Bonchev–Trinajstić information content (AvgIpc) is 2.60. The Morgan fingerprint density at radius 3 is 2.57 bits per heavy atom. The molecule has 0 unspecified atom stereocenters. The zero-order valence-electron chi connectivity index (χ0n) is 9.36. The Labute approximate surface area is 86.6 Å². The van der Waals surface area contributed by atoms with Crippen molar-refractivity contribution in [3.8, 4) is 0 Å². The van der Waals surface area contributed by atoms with Gasteiger partial charge in [0.05, 0.1) is 0 Å². The lowest BCUT2D eigenvalue weighted by molar-refractivity contribution is -0.120. The average molecular weight is 198 g/mol. The van der Waals surface area contributed by atoms with Crippen LogP contribution in [0.2, 0.25) is 0 Å². The van der Waals surface area contributed by atoms with Crippen LogP contribution in [0.4, 0.5) is 0 Å². The Kier molecular flexibility index (Phi) is 4.39. The second kappa shape index (κ2) is 5.35. The lowest BCUT2D eigenvalue weighted by Gasteiger charge is -2.25. The molecule has 0 bridgehead atoms. The van der Waals surface area contributed by atoms with E-state index in [0.717, 1.165) is 13.0 Å². The van der Waals surface area contributed by atoms with Crippen LogP contribution in [0.15, 0.2) is 0 Å². The van der Waals surface area contributed by atoms with E-state index in [1.54, 1.807) is 7.05 Å². The van der Waals surface area contributed by atoms with Crippen LogP contribution in [-0.2, 0) is 4.79 Å². The van der Waals surface area contributed by atoms with E-state index in [-0.39, 0.29) is 5.91 Å². The van der Waals surface area contributed by atoms with Gasteiger partial charge in [0.25, 0.3) is 0 Å². The van der Waals surface area contributed by atoms with Crippen LogP contribution in [-0.4, -0.2) is 25.0 Å². The maximum Gasteiger partial charge on any atom is 0.219 e. The molecule has 0 aliphatic heterocycles. The highest BCUT2D eigenvalue weighted by Gasteiger charge is 2.27. The summed E-state index contributed by atoms with van der Waals surface area (Å²) in [6.07, 6.45) is 6.84. The van der Waals surface area contributed by atoms with Gasteiger partial charge in [0.1, 0.15) is 0 Å². The van der Waals surface area contributed by atoms with Crippen molar-refractivity contribution in [1.82, 2.24) is 10.6 Å². The van der Waals surface area contributed by atoms with Crippen molar-refractivity contribution in [3.05, 3.63) is 0 Å². The fourth-order valence-electron chi connectivity index (χ4n) is 2.10. The molecule has 1 saturated carbocycles. The van der Waals surface area contributed by atoms with Crippen LogP contribution in [0, 0.1) is 0 Å². The highest BCUT2D eigenvalue weighted by molar-refractivity contribution is 5.75. The van der Waals surface area contributed by atoms with Crippen LogP contribution >= 0.6 is 0 Å². The van der Waals surface area contributed by atoms with Gasteiger partial charge in [0.2, 0.25) is 5.91 Å². The normalized spacial score (nSPS) is 19.6. The number of hydrogen-bond donors (Lipinski definition) is 2. The van der Waals surface area contributed by atoms with Crippen molar-refractivity contribution >= 4 is 5.91 Å². The van der Waals surface area contributed by atoms with E-state index in [0.29, 0.717) is 12.0 Å². The number of amides is 1. The van der Waals surface area contributed by atoms with E-state index in [1.165, 1.54) is 25.7 Å². The highest BCUT2D eigenvalue weighted by atomic mass is 16.1. The third-order valence-corrected chi connectivity index (χ3v) is 3.12. The van der Waals surface area contributed by atoms with Gasteiger partial charge in [-0.2, -0.15) is 0 Å². The van der Waals surface area contributed by atoms with Crippen molar-refractivity contribution in [2.24, 2.45) is 0 Å². The summed E-state index contributed by atoms with van der Waals surface area (Å²) >= 11 is 0. The molecule has 0 saturated heterocycles. The van der Waals surface area contributed by atoms with Crippen LogP contribution in [0.1, 0.15) is 45.4 Å². The molecule has 0 atom stereocenters. The summed E-state index contributed by atoms with van der Waals surface area (Å²) in [5.74, 6) is 0.142. The van der Waals surface area contributed by atoms with Gasteiger partial charge >= 0.3 is 0 Å². The van der Waals surface area contributed by atoms with Crippen LogP contribution in [0.25, 0.3) is 0 Å². The van der Waals surface area contributed by atoms with E-state index < -0.39 is 0 Å². The molecule has 2 N–H and O–H groups in total. The topological polar surface area (TPSA) is 41.1 Å². The van der Waals surface area contributed by atoms with E-state index >= 15 is 0 Å². The van der Waals surface area contributed by atoms with E-state index in [9.17, 15) is 4.79 Å². The molecule has 3 heteroatoms. The summed E-state index contributed by atoms with van der Waals surface area (Å²) in [6.45, 7) is 3.25. The van der Waals surface area contributed by atoms with E-state index in [4.69, 9.17) is 0 Å². The molecule has 1 rings (SSSR count). The molecule has 0 heterocycles. The summed E-state index contributed by atoms with van der Waals surface area (Å²) in [5, 5.41) is 6.19. The fourth-order valence-corrected chi connectivity index (χ4v) is 2.10. The van der Waals surface area contributed by atoms with Crippen molar-refractivity contribution < 1.29 is 4.79 Å². The van der Waals surface area contributed by atoms with Gasteiger partial charge in [-0.3, -0.25) is 4.79 Å². The lowest BCUT2D eigenvalue weighted by atomic mass is 10.0. The first kappa shape index (κ1) is 11.5. The molecule has 0 aromatic heterocycles. The minimum absolute atomic E-state index is 0.142. The minimum Gasteiger partial charge on any atom is -0.359 e. The van der Waals surface area contributed by atoms with Gasteiger partial charge in [0.15, 0.2) is 0 Å². The maximum atomic E-state index is 10.9. The molecule has 1 aliphatic carbocycles. The minimum atomic E-state index is 0.142. The van der Waals surface area contributed by atoms with Crippen molar-refractivity contribution in [2.75, 3.05) is 13.6 Å². The molecular formula is C11H22N2O. The van der Waals surface area contributed by atoms with E-state index in [2.05, 4.69) is 17.6 Å². The van der Waals surface area contributed by atoms with Gasteiger partial charge in [-0.25, -0.2) is 0 Å². The van der Waals surface area contributed by atoms with E-state index in [1.807, 2.05) is 0 Å². The second-order valence-electron chi connectivity index (χ2n) is 4.47. The molecule has 0 spiro atoms. The Hall–Kier alpha value is -0.570. The first-order chi connectivity index (χ1) is 6.66. The fraction of sp³-hybridized carbons (Fsp3) is 0.909. The third kappa shape index (κ3) is 3.66. The number of carbonyl (C=O) groups is 1. The zero-order chi connectivity index (χ0) is 10.4. The van der Waals surface area contributed by atoms with Gasteiger partial charge < -0.3 is 10.6 Å². The quantitative estimate of drug-likeness (QED) is 0.656. The number of nitrogens with one attached hydrogen (secondary N) is 2. The van der Waals surface area contributed by atoms with Crippen LogP contribution in [0.5, 0.6) is 0 Å². The molecule has 14 heavy (non-hydrogen) atoms. The molecule has 1 fully saturated rings. The Morgan fingerprint density at radius 2 is 2.00 bits per heavy atom. The second-order valence-corrected chi connectivity index (χ2v) is 4.47. The van der Waals surface area contributed by atoms with Gasteiger partial charge in [0, 0.05) is 19.0 Å². The van der Waals surface area contributed by atoms with Crippen LogP contribution < -0.4 is 10.6 Å². The zero-order valence-corrected chi connectivity index (χ0v) is 9.36. The Bertz CT molecular complexity index is 186. The third-order valence-electron chi connectivity index (χ3n) is 3.12.